The lowest BCUT2D eigenvalue weighted by atomic mass is 10.0. The maximum Gasteiger partial charge on any atom is 0.311 e. The van der Waals surface area contributed by atoms with Crippen molar-refractivity contribution in [3.05, 3.63) is 47.5 Å². The lowest BCUT2D eigenvalue weighted by Gasteiger charge is -2.14. The second kappa shape index (κ2) is 67.5. The minimum atomic E-state index is -0.268. The van der Waals surface area contributed by atoms with Crippen molar-refractivity contribution in [3.8, 4) is 23.0 Å². The molecule has 0 N–H and O–H groups in total. The number of benzene rings is 2. The first-order valence-corrected chi connectivity index (χ1v) is 41.9. The molecule has 2 rings (SSSR count). The molecule has 0 amide bonds. The number of hydrogen-bond acceptors (Lipinski definition) is 8. The quantitative estimate of drug-likeness (QED) is 0.0366. The van der Waals surface area contributed by atoms with Gasteiger partial charge in [0, 0.05) is 37.8 Å². The fourth-order valence-electron chi connectivity index (χ4n) is 13.5. The summed E-state index contributed by atoms with van der Waals surface area (Å²) in [6.07, 6.45) is 79.3. The molecule has 0 atom stereocenters. The Kier molecular flexibility index (Phi) is 62.1. The van der Waals surface area contributed by atoms with Gasteiger partial charge in [0.2, 0.25) is 0 Å². The van der Waals surface area contributed by atoms with Crippen LogP contribution < -0.4 is 18.9 Å². The molecular formula is C87H152O8. The first-order valence-electron chi connectivity index (χ1n) is 41.9. The lowest BCUT2D eigenvalue weighted by molar-refractivity contribution is -0.136. The molecular weight excluding hydrogens is 1170 g/mol. The molecule has 0 aliphatic carbocycles. The minimum absolute atomic E-state index is 0.261. The number of hydrogen-bond donors (Lipinski definition) is 0. The van der Waals surface area contributed by atoms with E-state index in [1.807, 2.05) is 24.3 Å². The molecule has 8 heteroatoms. The highest BCUT2D eigenvalue weighted by Crippen LogP contribution is 2.32. The Balaban J connectivity index is 2.02. The molecule has 2 aromatic carbocycles. The SMILES string of the molecule is CCCCCCCCCCCCCCCCCC(=O)Oc1ccc(CCCc2ccc(OC(=O)CCCCCCCCCCCCCCCCC)cc2OC(=O)CCCCCCCCCCCCCCCCC)c(OC(=O)CCCCCCCCCCCCCCCCC)c1. The Bertz CT molecular complexity index is 1920. The van der Waals surface area contributed by atoms with Gasteiger partial charge in [0.25, 0.3) is 0 Å². The largest absolute Gasteiger partial charge is 0.426 e. The molecule has 548 valence electrons. The molecule has 95 heavy (non-hydrogen) atoms. The van der Waals surface area contributed by atoms with Gasteiger partial charge in [-0.05, 0) is 68.2 Å². The average molecular weight is 1330 g/mol. The van der Waals surface area contributed by atoms with E-state index in [4.69, 9.17) is 18.9 Å². The Morgan fingerprint density at radius 3 is 0.568 bits per heavy atom. The van der Waals surface area contributed by atoms with Crippen molar-refractivity contribution in [2.45, 2.75) is 458 Å². The molecule has 0 spiro atoms. The van der Waals surface area contributed by atoms with Gasteiger partial charge in [0.05, 0.1) is 0 Å². The van der Waals surface area contributed by atoms with Gasteiger partial charge in [-0.1, -0.05) is 399 Å². The zero-order chi connectivity index (χ0) is 68.2. The summed E-state index contributed by atoms with van der Waals surface area (Å²) in [5.74, 6) is 0.585. The number of unbranched alkanes of at least 4 members (excludes halogenated alkanes) is 56. The van der Waals surface area contributed by atoms with Crippen molar-refractivity contribution in [2.24, 2.45) is 0 Å². The van der Waals surface area contributed by atoms with Crippen LogP contribution in [0.2, 0.25) is 0 Å². The summed E-state index contributed by atoms with van der Waals surface area (Å²) in [4.78, 5) is 53.5. The predicted molar refractivity (Wildman–Crippen MR) is 406 cm³/mol. The van der Waals surface area contributed by atoms with E-state index in [0.29, 0.717) is 67.9 Å². The number of aryl methyl sites for hydroxylation is 2. The van der Waals surface area contributed by atoms with Crippen LogP contribution in [0.5, 0.6) is 23.0 Å². The van der Waals surface area contributed by atoms with E-state index in [-0.39, 0.29) is 23.9 Å². The summed E-state index contributed by atoms with van der Waals surface area (Å²) >= 11 is 0. The normalized spacial score (nSPS) is 11.4. The highest BCUT2D eigenvalue weighted by Gasteiger charge is 2.17. The van der Waals surface area contributed by atoms with E-state index in [1.54, 1.807) is 12.1 Å². The summed E-state index contributed by atoms with van der Waals surface area (Å²) < 4.78 is 24.1. The smallest absolute Gasteiger partial charge is 0.311 e. The van der Waals surface area contributed by atoms with E-state index >= 15 is 0 Å². The maximum absolute atomic E-state index is 13.5. The highest BCUT2D eigenvalue weighted by molar-refractivity contribution is 5.75. The molecule has 8 nitrogen and oxygen atoms in total. The molecule has 0 aromatic heterocycles. The van der Waals surface area contributed by atoms with E-state index in [2.05, 4.69) is 27.7 Å². The Morgan fingerprint density at radius 1 is 0.211 bits per heavy atom. The third kappa shape index (κ3) is 55.8. The van der Waals surface area contributed by atoms with Crippen LogP contribution in [0.25, 0.3) is 0 Å². The Hall–Kier alpha value is -3.68. The molecule has 0 bridgehead atoms. The third-order valence-electron chi connectivity index (χ3n) is 19.8. The number of ether oxygens (including phenoxy) is 4. The summed E-state index contributed by atoms with van der Waals surface area (Å²) in [7, 11) is 0. The van der Waals surface area contributed by atoms with E-state index in [9.17, 15) is 19.2 Å². The molecule has 0 aliphatic rings. The van der Waals surface area contributed by atoms with Crippen molar-refractivity contribution in [2.75, 3.05) is 0 Å². The van der Waals surface area contributed by atoms with E-state index in [1.165, 1.54) is 308 Å². The Labute approximate surface area is 587 Å². The van der Waals surface area contributed by atoms with Crippen LogP contribution >= 0.6 is 0 Å². The first-order chi connectivity index (χ1) is 46.8. The van der Waals surface area contributed by atoms with Crippen LogP contribution in [0.3, 0.4) is 0 Å². The van der Waals surface area contributed by atoms with Crippen LogP contribution in [0, 0.1) is 0 Å². The van der Waals surface area contributed by atoms with Crippen molar-refractivity contribution >= 4 is 23.9 Å². The highest BCUT2D eigenvalue weighted by atomic mass is 16.6. The second-order valence-electron chi connectivity index (χ2n) is 29.1. The van der Waals surface area contributed by atoms with Crippen LogP contribution in [0.1, 0.15) is 456 Å². The molecule has 0 aliphatic heterocycles. The van der Waals surface area contributed by atoms with Crippen molar-refractivity contribution in [1.29, 1.82) is 0 Å². The van der Waals surface area contributed by atoms with E-state index < -0.39 is 0 Å². The van der Waals surface area contributed by atoms with Crippen LogP contribution in [0.15, 0.2) is 36.4 Å². The van der Waals surface area contributed by atoms with E-state index in [0.717, 1.165) is 88.2 Å². The number of esters is 4. The van der Waals surface area contributed by atoms with Gasteiger partial charge in [-0.3, -0.25) is 19.2 Å². The van der Waals surface area contributed by atoms with Gasteiger partial charge in [-0.25, -0.2) is 0 Å². The van der Waals surface area contributed by atoms with Crippen LogP contribution in [0.4, 0.5) is 0 Å². The zero-order valence-corrected chi connectivity index (χ0v) is 63.1. The number of rotatable bonds is 72. The van der Waals surface area contributed by atoms with Crippen LogP contribution in [-0.2, 0) is 32.0 Å². The standard InChI is InChI=1S/C87H152O8/c1-5-9-13-17-21-25-29-33-37-41-45-49-53-57-61-68-84(88)92-80-74-72-78(82(76-80)94-86(90)70-63-59-55-51-47-43-39-35-31-27-23-19-15-11-7-3)66-65-67-79-73-75-81(93-85(89)69-62-58-54-50-46-42-38-34-30-26-22-18-14-10-6-2)77-83(79)95-87(91)71-64-60-56-52-48-44-40-36-32-28-24-20-16-12-8-4/h72-77H,5-71H2,1-4H3. The molecule has 0 heterocycles. The molecule has 0 unspecified atom stereocenters. The number of carbonyl (C=O) groups is 4. The molecule has 0 radical (unpaired) electrons. The van der Waals surface area contributed by atoms with Gasteiger partial charge < -0.3 is 18.9 Å². The molecule has 0 saturated carbocycles. The third-order valence-corrected chi connectivity index (χ3v) is 19.8. The minimum Gasteiger partial charge on any atom is -0.426 e. The second-order valence-corrected chi connectivity index (χ2v) is 29.1. The Morgan fingerprint density at radius 2 is 0.379 bits per heavy atom. The summed E-state index contributed by atoms with van der Waals surface area (Å²) in [6, 6.07) is 10.9. The first kappa shape index (κ1) is 87.4. The monoisotopic (exact) mass is 1330 g/mol. The van der Waals surface area contributed by atoms with Crippen LogP contribution in [-0.4, -0.2) is 23.9 Å². The van der Waals surface area contributed by atoms with Crippen molar-refractivity contribution < 1.29 is 38.1 Å². The van der Waals surface area contributed by atoms with Gasteiger partial charge in [0.15, 0.2) is 0 Å². The summed E-state index contributed by atoms with van der Waals surface area (Å²) in [6.45, 7) is 9.12. The number of carbonyl (C=O) groups excluding carboxylic acids is 4. The maximum atomic E-state index is 13.5. The topological polar surface area (TPSA) is 105 Å². The van der Waals surface area contributed by atoms with Gasteiger partial charge in [-0.2, -0.15) is 0 Å². The van der Waals surface area contributed by atoms with Gasteiger partial charge in [-0.15, -0.1) is 0 Å². The fourth-order valence-corrected chi connectivity index (χ4v) is 13.5. The average Bonchev–Trinajstić information content (AvgIpc) is 1.05. The summed E-state index contributed by atoms with van der Waals surface area (Å²) in [5, 5.41) is 0. The summed E-state index contributed by atoms with van der Waals surface area (Å²) in [5.41, 5.74) is 1.71. The molecule has 0 saturated heterocycles. The van der Waals surface area contributed by atoms with Crippen molar-refractivity contribution in [3.63, 3.8) is 0 Å². The molecule has 2 aromatic rings. The molecule has 0 fully saturated rings. The van der Waals surface area contributed by atoms with Crippen molar-refractivity contribution in [1.82, 2.24) is 0 Å². The zero-order valence-electron chi connectivity index (χ0n) is 63.1. The van der Waals surface area contributed by atoms with Gasteiger partial charge >= 0.3 is 23.9 Å². The predicted octanol–water partition coefficient (Wildman–Crippen LogP) is 28.5. The fraction of sp³-hybridized carbons (Fsp3) is 0.816. The lowest BCUT2D eigenvalue weighted by Crippen LogP contribution is -2.12. The van der Waals surface area contributed by atoms with Gasteiger partial charge in [0.1, 0.15) is 23.0 Å².